The molecule has 6 heteroatoms. The van der Waals surface area contributed by atoms with E-state index in [9.17, 15) is 18.7 Å². The minimum absolute atomic E-state index is 0.0822. The van der Waals surface area contributed by atoms with Crippen molar-refractivity contribution in [2.75, 3.05) is 6.61 Å². The lowest BCUT2D eigenvalue weighted by atomic mass is 10.00. The maximum atomic E-state index is 13.9. The van der Waals surface area contributed by atoms with Gasteiger partial charge < -0.3 is 9.84 Å². The first-order chi connectivity index (χ1) is 11.5. The van der Waals surface area contributed by atoms with Gasteiger partial charge in [-0.2, -0.15) is 8.78 Å². The van der Waals surface area contributed by atoms with Crippen LogP contribution in [0.3, 0.4) is 0 Å². The van der Waals surface area contributed by atoms with Crippen molar-refractivity contribution in [1.82, 2.24) is 4.98 Å². The zero-order valence-electron chi connectivity index (χ0n) is 13.9. The smallest absolute Gasteiger partial charge is 0.380 e. The van der Waals surface area contributed by atoms with E-state index in [1.807, 2.05) is 13.8 Å². The number of aromatic nitrogens is 1. The summed E-state index contributed by atoms with van der Waals surface area (Å²) in [5, 5.41) is 9.85. The number of esters is 1. The van der Waals surface area contributed by atoms with Gasteiger partial charge in [-0.25, -0.2) is 4.79 Å². The molecule has 0 bridgehead atoms. The zero-order valence-corrected chi connectivity index (χ0v) is 13.9. The fourth-order valence-corrected chi connectivity index (χ4v) is 1.95. The average Bonchev–Trinajstić information content (AvgIpc) is 2.63. The van der Waals surface area contributed by atoms with Crippen molar-refractivity contribution in [3.8, 4) is 11.3 Å². The third kappa shape index (κ3) is 4.58. The number of carbonyl (C=O) groups excluding carboxylic acids is 1. The second-order valence-corrected chi connectivity index (χ2v) is 4.59. The molecule has 4 nitrogen and oxygen atoms in total. The van der Waals surface area contributed by atoms with Crippen LogP contribution in [-0.4, -0.2) is 28.6 Å². The van der Waals surface area contributed by atoms with Gasteiger partial charge in [0.05, 0.1) is 12.3 Å². The van der Waals surface area contributed by atoms with Gasteiger partial charge >= 0.3 is 11.9 Å². The number of ether oxygens (including phenoxy) is 1. The molecule has 0 radical (unpaired) electrons. The monoisotopic (exact) mass is 337 g/mol. The molecule has 0 amide bonds. The molecule has 0 saturated carbocycles. The molecule has 1 aromatic heterocycles. The number of carbonyl (C=O) groups is 1. The summed E-state index contributed by atoms with van der Waals surface area (Å²) in [6, 6.07) is 11.1. The third-order valence-corrected chi connectivity index (χ3v) is 3.05. The Kier molecular flexibility index (Phi) is 7.45. The Morgan fingerprint density at radius 1 is 1.25 bits per heavy atom. The van der Waals surface area contributed by atoms with Crippen LogP contribution in [0.2, 0.25) is 0 Å². The van der Waals surface area contributed by atoms with E-state index in [-0.39, 0.29) is 12.2 Å². The molecular weight excluding hydrogens is 316 g/mol. The van der Waals surface area contributed by atoms with Crippen LogP contribution in [0.25, 0.3) is 11.3 Å². The van der Waals surface area contributed by atoms with Gasteiger partial charge in [0, 0.05) is 11.8 Å². The fraction of sp³-hybridized carbons (Fsp3) is 0.333. The van der Waals surface area contributed by atoms with Crippen molar-refractivity contribution in [1.29, 1.82) is 0 Å². The number of hydrogen-bond donors (Lipinski definition) is 1. The molecule has 0 spiro atoms. The van der Waals surface area contributed by atoms with E-state index in [0.29, 0.717) is 11.3 Å². The molecule has 1 heterocycles. The van der Waals surface area contributed by atoms with Gasteiger partial charge in [-0.15, -0.1) is 0 Å². The van der Waals surface area contributed by atoms with Crippen molar-refractivity contribution in [3.05, 3.63) is 54.2 Å². The summed E-state index contributed by atoms with van der Waals surface area (Å²) in [5.74, 6) is -5.76. The molecule has 1 aromatic carbocycles. The van der Waals surface area contributed by atoms with Crippen molar-refractivity contribution in [2.24, 2.45) is 0 Å². The maximum absolute atomic E-state index is 13.9. The first-order valence-electron chi connectivity index (χ1n) is 7.71. The van der Waals surface area contributed by atoms with E-state index in [2.05, 4.69) is 9.72 Å². The van der Waals surface area contributed by atoms with Crippen LogP contribution in [0.15, 0.2) is 48.7 Å². The average molecular weight is 337 g/mol. The number of alkyl halides is 2. The molecule has 2 aromatic rings. The third-order valence-electron chi connectivity index (χ3n) is 3.05. The van der Waals surface area contributed by atoms with Crippen molar-refractivity contribution in [3.63, 3.8) is 0 Å². The summed E-state index contributed by atoms with van der Waals surface area (Å²) < 4.78 is 32.1. The first-order valence-corrected chi connectivity index (χ1v) is 7.71. The van der Waals surface area contributed by atoms with Gasteiger partial charge in [-0.1, -0.05) is 38.1 Å². The predicted molar refractivity (Wildman–Crippen MR) is 87.6 cm³/mol. The highest BCUT2D eigenvalue weighted by Gasteiger charge is 2.49. The normalized spacial score (nSPS) is 11.9. The van der Waals surface area contributed by atoms with Crippen LogP contribution < -0.4 is 0 Å². The molecule has 0 aliphatic carbocycles. The SMILES string of the molecule is CC.CCOC(=O)C(F)(F)C(O)c1cccc(-c2ccccn2)c1. The Bertz CT molecular complexity index is 648. The van der Waals surface area contributed by atoms with E-state index in [0.717, 1.165) is 0 Å². The molecule has 0 saturated heterocycles. The Balaban J connectivity index is 0.00000139. The van der Waals surface area contributed by atoms with Crippen LogP contribution in [0.5, 0.6) is 0 Å². The van der Waals surface area contributed by atoms with Gasteiger partial charge in [-0.05, 0) is 30.7 Å². The minimum atomic E-state index is -4.02. The van der Waals surface area contributed by atoms with Crippen molar-refractivity contribution < 1.29 is 23.4 Å². The van der Waals surface area contributed by atoms with Crippen LogP contribution in [0, 0.1) is 0 Å². The quantitative estimate of drug-likeness (QED) is 0.838. The van der Waals surface area contributed by atoms with Gasteiger partial charge in [-0.3, -0.25) is 4.98 Å². The van der Waals surface area contributed by atoms with Gasteiger partial charge in [0.1, 0.15) is 0 Å². The summed E-state index contributed by atoms with van der Waals surface area (Å²) in [6.45, 7) is 5.23. The summed E-state index contributed by atoms with van der Waals surface area (Å²) in [6.07, 6.45) is -0.707. The molecule has 0 aliphatic rings. The Morgan fingerprint density at radius 2 is 1.96 bits per heavy atom. The fourth-order valence-electron chi connectivity index (χ4n) is 1.95. The summed E-state index contributed by atoms with van der Waals surface area (Å²) in [4.78, 5) is 15.4. The van der Waals surface area contributed by atoms with Crippen molar-refractivity contribution in [2.45, 2.75) is 32.8 Å². The number of pyridine rings is 1. The Morgan fingerprint density at radius 3 is 2.54 bits per heavy atom. The zero-order chi connectivity index (χ0) is 18.2. The number of hydrogen-bond acceptors (Lipinski definition) is 4. The molecule has 0 aliphatic heterocycles. The van der Waals surface area contributed by atoms with E-state index in [1.54, 1.807) is 30.5 Å². The topological polar surface area (TPSA) is 59.4 Å². The number of rotatable bonds is 5. The van der Waals surface area contributed by atoms with Crippen LogP contribution in [-0.2, 0) is 9.53 Å². The van der Waals surface area contributed by atoms with E-state index >= 15 is 0 Å². The van der Waals surface area contributed by atoms with Gasteiger partial charge in [0.2, 0.25) is 0 Å². The number of aliphatic hydroxyl groups is 1. The minimum Gasteiger partial charge on any atom is -0.461 e. The second kappa shape index (κ2) is 9.08. The Labute approximate surface area is 140 Å². The Hall–Kier alpha value is -2.34. The highest BCUT2D eigenvalue weighted by atomic mass is 19.3. The lowest BCUT2D eigenvalue weighted by Gasteiger charge is -2.21. The molecule has 1 N–H and O–H groups in total. The molecule has 130 valence electrons. The highest BCUT2D eigenvalue weighted by molar-refractivity contribution is 5.78. The molecule has 1 atom stereocenters. The summed E-state index contributed by atoms with van der Waals surface area (Å²) in [5.41, 5.74) is 1.06. The standard InChI is InChI=1S/C16H15F2NO3.C2H6/c1-2-22-15(21)16(17,18)14(20)12-7-5-6-11(10-12)13-8-3-4-9-19-13;1-2/h3-10,14,20H,2H2,1H3;1-2H3. The molecule has 2 rings (SSSR count). The lowest BCUT2D eigenvalue weighted by Crippen LogP contribution is -2.37. The predicted octanol–water partition coefficient (Wildman–Crippen LogP) is 4.01. The molecule has 1 unspecified atom stereocenters. The number of benzene rings is 1. The van der Waals surface area contributed by atoms with Crippen LogP contribution in [0.1, 0.15) is 32.4 Å². The molecule has 0 fully saturated rings. The first kappa shape index (κ1) is 19.7. The second-order valence-electron chi connectivity index (χ2n) is 4.59. The largest absolute Gasteiger partial charge is 0.461 e. The lowest BCUT2D eigenvalue weighted by molar-refractivity contribution is -0.189. The number of nitrogens with zero attached hydrogens (tertiary/aromatic N) is 1. The van der Waals surface area contributed by atoms with E-state index in [4.69, 9.17) is 0 Å². The maximum Gasteiger partial charge on any atom is 0.380 e. The summed E-state index contributed by atoms with van der Waals surface area (Å²) in [7, 11) is 0. The van der Waals surface area contributed by atoms with E-state index in [1.165, 1.54) is 25.1 Å². The highest BCUT2D eigenvalue weighted by Crippen LogP contribution is 2.34. The number of halogens is 2. The van der Waals surface area contributed by atoms with Crippen LogP contribution in [0.4, 0.5) is 8.78 Å². The van der Waals surface area contributed by atoms with Gasteiger partial charge in [0.15, 0.2) is 6.10 Å². The van der Waals surface area contributed by atoms with Crippen LogP contribution >= 0.6 is 0 Å². The summed E-state index contributed by atoms with van der Waals surface area (Å²) >= 11 is 0. The van der Waals surface area contributed by atoms with Gasteiger partial charge in [0.25, 0.3) is 0 Å². The number of aliphatic hydroxyl groups excluding tert-OH is 1. The molecular formula is C18H21F2NO3. The van der Waals surface area contributed by atoms with Crippen molar-refractivity contribution >= 4 is 5.97 Å². The van der Waals surface area contributed by atoms with E-state index < -0.39 is 18.0 Å². The molecule has 24 heavy (non-hydrogen) atoms.